The molecule has 0 aliphatic heterocycles. The maximum Gasteiger partial charge on any atom is 0.181 e. The van der Waals surface area contributed by atoms with Crippen LogP contribution >= 0.6 is 23.2 Å². The van der Waals surface area contributed by atoms with Crippen molar-refractivity contribution in [2.24, 2.45) is 0 Å². The van der Waals surface area contributed by atoms with Crippen molar-refractivity contribution in [3.63, 3.8) is 0 Å². The van der Waals surface area contributed by atoms with Gasteiger partial charge in [-0.25, -0.2) is 19.3 Å². The first kappa shape index (κ1) is 13.2. The van der Waals surface area contributed by atoms with Crippen LogP contribution in [0.5, 0.6) is 0 Å². The zero-order valence-electron chi connectivity index (χ0n) is 9.62. The molecule has 0 saturated heterocycles. The Bertz CT molecular complexity index is 535. The Morgan fingerprint density at radius 1 is 1.17 bits per heavy atom. The van der Waals surface area contributed by atoms with Gasteiger partial charge in [0.2, 0.25) is 0 Å². The molecule has 2 rings (SSSR count). The van der Waals surface area contributed by atoms with Crippen LogP contribution in [-0.4, -0.2) is 15.0 Å². The third kappa shape index (κ3) is 2.76. The summed E-state index contributed by atoms with van der Waals surface area (Å²) in [4.78, 5) is 12.2. The van der Waals surface area contributed by atoms with Crippen LogP contribution in [0, 0.1) is 5.82 Å². The van der Waals surface area contributed by atoms with E-state index in [1.54, 1.807) is 0 Å². The quantitative estimate of drug-likeness (QED) is 0.802. The van der Waals surface area contributed by atoms with Crippen molar-refractivity contribution in [1.82, 2.24) is 15.0 Å². The third-order valence-electron chi connectivity index (χ3n) is 2.36. The van der Waals surface area contributed by atoms with Gasteiger partial charge in [0.1, 0.15) is 21.8 Å². The van der Waals surface area contributed by atoms with Crippen LogP contribution in [0.4, 0.5) is 4.39 Å². The van der Waals surface area contributed by atoms with Crippen molar-refractivity contribution in [1.29, 1.82) is 0 Å². The Hall–Kier alpha value is -1.26. The van der Waals surface area contributed by atoms with Crippen molar-refractivity contribution in [2.45, 2.75) is 19.8 Å². The van der Waals surface area contributed by atoms with Gasteiger partial charge >= 0.3 is 0 Å². The minimum atomic E-state index is -0.418. The fourth-order valence-electron chi connectivity index (χ4n) is 1.51. The summed E-state index contributed by atoms with van der Waals surface area (Å²) in [6.45, 7) is 2.02. The van der Waals surface area contributed by atoms with Gasteiger partial charge < -0.3 is 0 Å². The van der Waals surface area contributed by atoms with Gasteiger partial charge in [-0.3, -0.25) is 0 Å². The normalized spacial score (nSPS) is 10.7. The maximum absolute atomic E-state index is 12.8. The highest BCUT2D eigenvalue weighted by atomic mass is 35.5. The van der Waals surface area contributed by atoms with Crippen molar-refractivity contribution in [3.05, 3.63) is 40.0 Å². The van der Waals surface area contributed by atoms with E-state index >= 15 is 0 Å². The summed E-state index contributed by atoms with van der Waals surface area (Å²) >= 11 is 12.1. The predicted octanol–water partition coefficient (Wildman–Crippen LogP) is 3.94. The highest BCUT2D eigenvalue weighted by Crippen LogP contribution is 2.25. The molecule has 2 heterocycles. The first-order valence-corrected chi connectivity index (χ1v) is 6.21. The van der Waals surface area contributed by atoms with Crippen molar-refractivity contribution < 1.29 is 4.39 Å². The van der Waals surface area contributed by atoms with E-state index in [2.05, 4.69) is 15.0 Å². The van der Waals surface area contributed by atoms with Crippen LogP contribution in [-0.2, 0) is 6.42 Å². The number of pyridine rings is 1. The molecule has 0 unspecified atom stereocenters. The molecule has 0 spiro atoms. The Morgan fingerprint density at radius 3 is 2.33 bits per heavy atom. The second-order valence-corrected chi connectivity index (χ2v) is 4.44. The molecule has 0 saturated carbocycles. The predicted molar refractivity (Wildman–Crippen MR) is 69.2 cm³/mol. The topological polar surface area (TPSA) is 38.7 Å². The van der Waals surface area contributed by atoms with Crippen LogP contribution in [0.1, 0.15) is 18.9 Å². The number of hydrogen-bond acceptors (Lipinski definition) is 3. The lowest BCUT2D eigenvalue weighted by atomic mass is 10.2. The Balaban J connectivity index is 2.44. The standard InChI is InChI=1S/C12H10Cl2FN3/c1-2-3-8-10(13)17-12(18-11(8)14)9-5-4-7(15)6-16-9/h4-6H,2-3H2,1H3. The molecule has 0 aromatic carbocycles. The van der Waals surface area contributed by atoms with E-state index in [-0.39, 0.29) is 0 Å². The Kier molecular flexibility index (Phi) is 4.09. The molecule has 0 aliphatic rings. The molecule has 3 nitrogen and oxygen atoms in total. The Morgan fingerprint density at radius 2 is 1.83 bits per heavy atom. The van der Waals surface area contributed by atoms with Gasteiger partial charge in [0.05, 0.1) is 6.20 Å². The summed E-state index contributed by atoms with van der Waals surface area (Å²) < 4.78 is 12.8. The average Bonchev–Trinajstić information content (AvgIpc) is 2.34. The van der Waals surface area contributed by atoms with Crippen LogP contribution in [0.15, 0.2) is 18.3 Å². The molecule has 0 aliphatic carbocycles. The second-order valence-electron chi connectivity index (χ2n) is 3.72. The highest BCUT2D eigenvalue weighted by molar-refractivity contribution is 6.34. The second kappa shape index (κ2) is 5.59. The smallest absolute Gasteiger partial charge is 0.181 e. The highest BCUT2D eigenvalue weighted by Gasteiger charge is 2.12. The number of nitrogens with zero attached hydrogens (tertiary/aromatic N) is 3. The summed E-state index contributed by atoms with van der Waals surface area (Å²) in [5, 5.41) is 0.635. The number of hydrogen-bond donors (Lipinski definition) is 0. The zero-order valence-corrected chi connectivity index (χ0v) is 11.1. The van der Waals surface area contributed by atoms with Crippen molar-refractivity contribution >= 4 is 23.2 Å². The molecule has 0 radical (unpaired) electrons. The van der Waals surface area contributed by atoms with Gasteiger partial charge in [0, 0.05) is 5.56 Å². The van der Waals surface area contributed by atoms with Gasteiger partial charge in [-0.1, -0.05) is 36.5 Å². The van der Waals surface area contributed by atoms with E-state index in [1.165, 1.54) is 12.1 Å². The van der Waals surface area contributed by atoms with E-state index in [4.69, 9.17) is 23.2 Å². The molecule has 2 aromatic rings. The van der Waals surface area contributed by atoms with Gasteiger partial charge in [-0.2, -0.15) is 0 Å². The van der Waals surface area contributed by atoms with Crippen LogP contribution in [0.2, 0.25) is 10.3 Å². The van der Waals surface area contributed by atoms with E-state index in [0.29, 0.717) is 21.8 Å². The van der Waals surface area contributed by atoms with E-state index < -0.39 is 5.82 Å². The maximum atomic E-state index is 12.8. The number of rotatable bonds is 3. The molecule has 0 amide bonds. The lowest BCUT2D eigenvalue weighted by Gasteiger charge is -2.06. The molecule has 0 bridgehead atoms. The van der Waals surface area contributed by atoms with Crippen molar-refractivity contribution in [3.8, 4) is 11.5 Å². The summed E-state index contributed by atoms with van der Waals surface area (Å²) in [7, 11) is 0. The SMILES string of the molecule is CCCc1c(Cl)nc(-c2ccc(F)cn2)nc1Cl. The number of aromatic nitrogens is 3. The molecule has 6 heteroatoms. The molecular formula is C12H10Cl2FN3. The molecule has 94 valence electrons. The van der Waals surface area contributed by atoms with Crippen LogP contribution in [0.3, 0.4) is 0 Å². The van der Waals surface area contributed by atoms with Gasteiger partial charge in [0.15, 0.2) is 5.82 Å². The summed E-state index contributed by atoms with van der Waals surface area (Å²) in [6.07, 6.45) is 2.71. The average molecular weight is 286 g/mol. The molecule has 0 fully saturated rings. The van der Waals surface area contributed by atoms with Crippen molar-refractivity contribution in [2.75, 3.05) is 0 Å². The molecular weight excluding hydrogens is 276 g/mol. The van der Waals surface area contributed by atoms with Gasteiger partial charge in [-0.15, -0.1) is 0 Å². The minimum absolute atomic E-state index is 0.296. The van der Waals surface area contributed by atoms with Gasteiger partial charge in [0.25, 0.3) is 0 Å². The number of halogens is 3. The van der Waals surface area contributed by atoms with Crippen LogP contribution in [0.25, 0.3) is 11.5 Å². The fourth-order valence-corrected chi connectivity index (χ4v) is 2.09. The Labute approximate surface area is 114 Å². The first-order chi connectivity index (χ1) is 8.61. The summed E-state index contributed by atoms with van der Waals surface area (Å²) in [5.74, 6) is -0.122. The fraction of sp³-hybridized carbons (Fsp3) is 0.250. The third-order valence-corrected chi connectivity index (χ3v) is 2.99. The molecule has 0 N–H and O–H groups in total. The lowest BCUT2D eigenvalue weighted by Crippen LogP contribution is -1.98. The van der Waals surface area contributed by atoms with Crippen LogP contribution < -0.4 is 0 Å². The monoisotopic (exact) mass is 285 g/mol. The molecule has 0 atom stereocenters. The minimum Gasteiger partial charge on any atom is -0.250 e. The van der Waals surface area contributed by atoms with Gasteiger partial charge in [-0.05, 0) is 18.6 Å². The summed E-state index contributed by atoms with van der Waals surface area (Å²) in [5.41, 5.74) is 1.16. The largest absolute Gasteiger partial charge is 0.250 e. The lowest BCUT2D eigenvalue weighted by molar-refractivity contribution is 0.621. The van der Waals surface area contributed by atoms with E-state index in [0.717, 1.165) is 24.6 Å². The van der Waals surface area contributed by atoms with E-state index in [9.17, 15) is 4.39 Å². The molecule has 2 aromatic heterocycles. The van der Waals surface area contributed by atoms with E-state index in [1.807, 2.05) is 6.92 Å². The zero-order chi connectivity index (χ0) is 13.1. The first-order valence-electron chi connectivity index (χ1n) is 5.45. The summed E-state index contributed by atoms with van der Waals surface area (Å²) in [6, 6.07) is 2.77. The molecule has 18 heavy (non-hydrogen) atoms.